The summed E-state index contributed by atoms with van der Waals surface area (Å²) in [6.07, 6.45) is 0. The summed E-state index contributed by atoms with van der Waals surface area (Å²) < 4.78 is 11.2. The molecular weight excluding hydrogens is 412 g/mol. The Labute approximate surface area is 186 Å². The first kappa shape index (κ1) is 22.2. The molecule has 0 aromatic heterocycles. The van der Waals surface area contributed by atoms with E-state index in [1.807, 2.05) is 36.4 Å². The molecule has 0 radical (unpaired) electrons. The van der Waals surface area contributed by atoms with Crippen LogP contribution in [0, 0.1) is 0 Å². The van der Waals surface area contributed by atoms with Crippen LogP contribution in [0.3, 0.4) is 0 Å². The van der Waals surface area contributed by atoms with Gasteiger partial charge in [0, 0.05) is 24.7 Å². The Morgan fingerprint density at radius 1 is 0.903 bits per heavy atom. The number of nitrogens with one attached hydrogen (secondary N) is 1. The van der Waals surface area contributed by atoms with Crippen LogP contribution in [0.4, 0.5) is 5.69 Å². The van der Waals surface area contributed by atoms with Crippen LogP contribution in [0.1, 0.15) is 10.4 Å². The summed E-state index contributed by atoms with van der Waals surface area (Å²) in [6.45, 7) is 0. The van der Waals surface area contributed by atoms with Crippen LogP contribution >= 0.6 is 11.8 Å². The largest absolute Gasteiger partial charge is 0.493 e. The van der Waals surface area contributed by atoms with Crippen LogP contribution in [0.15, 0.2) is 77.7 Å². The lowest BCUT2D eigenvalue weighted by Gasteiger charge is -2.13. The molecule has 0 aliphatic carbocycles. The van der Waals surface area contributed by atoms with Crippen molar-refractivity contribution in [2.45, 2.75) is 4.90 Å². The lowest BCUT2D eigenvalue weighted by Crippen LogP contribution is -2.23. The van der Waals surface area contributed by atoms with Crippen LogP contribution in [0.5, 0.6) is 17.2 Å². The molecule has 0 unspecified atom stereocenters. The molecule has 1 N–H and O–H groups in total. The standard InChI is InChI=1S/C24H24N2O4S/c1-26(2)23(27)16-31-22-11-7-4-8-19(22)24(28)25-17-12-14-18(15-13-17)30-21-10-6-5-9-20(21)29-3/h4-15H,16H2,1-3H3,(H,25,28). The zero-order valence-electron chi connectivity index (χ0n) is 17.6. The molecule has 0 aliphatic heterocycles. The number of anilines is 1. The zero-order valence-corrected chi connectivity index (χ0v) is 18.4. The van der Waals surface area contributed by atoms with Gasteiger partial charge in [0.1, 0.15) is 5.75 Å². The minimum atomic E-state index is -0.237. The lowest BCUT2D eigenvalue weighted by atomic mass is 10.2. The van der Waals surface area contributed by atoms with Gasteiger partial charge in [-0.25, -0.2) is 0 Å². The van der Waals surface area contributed by atoms with E-state index in [1.165, 1.54) is 16.7 Å². The predicted molar refractivity (Wildman–Crippen MR) is 123 cm³/mol. The second kappa shape index (κ2) is 10.5. The third-order valence-electron chi connectivity index (χ3n) is 4.39. The highest BCUT2D eigenvalue weighted by Gasteiger charge is 2.14. The summed E-state index contributed by atoms with van der Waals surface area (Å²) in [4.78, 5) is 27.0. The summed E-state index contributed by atoms with van der Waals surface area (Å²) in [7, 11) is 5.01. The fraction of sp³-hybridized carbons (Fsp3) is 0.167. The van der Waals surface area contributed by atoms with Crippen LogP contribution < -0.4 is 14.8 Å². The van der Waals surface area contributed by atoms with Crippen molar-refractivity contribution >= 4 is 29.3 Å². The summed E-state index contributed by atoms with van der Waals surface area (Å²) >= 11 is 1.35. The highest BCUT2D eigenvalue weighted by Crippen LogP contribution is 2.31. The van der Waals surface area contributed by atoms with Crippen molar-refractivity contribution in [3.05, 3.63) is 78.4 Å². The quantitative estimate of drug-likeness (QED) is 0.508. The number of carbonyl (C=O) groups excluding carboxylic acids is 2. The maximum absolute atomic E-state index is 12.8. The third-order valence-corrected chi connectivity index (χ3v) is 5.45. The first-order valence-corrected chi connectivity index (χ1v) is 10.6. The molecule has 3 aromatic carbocycles. The highest BCUT2D eigenvalue weighted by molar-refractivity contribution is 8.00. The topological polar surface area (TPSA) is 67.9 Å². The highest BCUT2D eigenvalue weighted by atomic mass is 32.2. The van der Waals surface area contributed by atoms with Gasteiger partial charge >= 0.3 is 0 Å². The summed E-state index contributed by atoms with van der Waals surface area (Å²) in [6, 6.07) is 21.7. The molecule has 31 heavy (non-hydrogen) atoms. The first-order valence-electron chi connectivity index (χ1n) is 9.62. The number of benzene rings is 3. The second-order valence-corrected chi connectivity index (χ2v) is 7.82. The number of amides is 2. The van der Waals surface area contributed by atoms with E-state index in [0.29, 0.717) is 28.5 Å². The van der Waals surface area contributed by atoms with E-state index in [1.54, 1.807) is 57.6 Å². The van der Waals surface area contributed by atoms with Gasteiger partial charge in [-0.15, -0.1) is 11.8 Å². The van der Waals surface area contributed by atoms with Crippen molar-refractivity contribution in [1.82, 2.24) is 4.90 Å². The molecule has 2 amide bonds. The Morgan fingerprint density at radius 3 is 2.23 bits per heavy atom. The number of hydrogen-bond donors (Lipinski definition) is 1. The van der Waals surface area contributed by atoms with Crippen LogP contribution in [-0.4, -0.2) is 43.7 Å². The van der Waals surface area contributed by atoms with Crippen molar-refractivity contribution < 1.29 is 19.1 Å². The number of thioether (sulfide) groups is 1. The Morgan fingerprint density at radius 2 is 1.55 bits per heavy atom. The molecule has 0 saturated carbocycles. The fourth-order valence-electron chi connectivity index (χ4n) is 2.68. The van der Waals surface area contributed by atoms with Crippen molar-refractivity contribution in [2.24, 2.45) is 0 Å². The molecule has 0 fully saturated rings. The maximum Gasteiger partial charge on any atom is 0.256 e. The van der Waals surface area contributed by atoms with Gasteiger partial charge in [0.15, 0.2) is 11.5 Å². The summed E-state index contributed by atoms with van der Waals surface area (Å²) in [5, 5.41) is 2.89. The molecule has 3 aromatic rings. The molecule has 7 heteroatoms. The SMILES string of the molecule is COc1ccccc1Oc1ccc(NC(=O)c2ccccc2SCC(=O)N(C)C)cc1. The number of ether oxygens (including phenoxy) is 2. The van der Waals surface area contributed by atoms with E-state index in [4.69, 9.17) is 9.47 Å². The molecule has 0 spiro atoms. The number of methoxy groups -OCH3 is 1. The molecule has 6 nitrogen and oxygen atoms in total. The molecular formula is C24H24N2O4S. The third kappa shape index (κ3) is 6.02. The lowest BCUT2D eigenvalue weighted by molar-refractivity contribution is -0.125. The zero-order chi connectivity index (χ0) is 22.2. The van der Waals surface area contributed by atoms with Crippen molar-refractivity contribution in [3.8, 4) is 17.2 Å². The molecule has 0 bridgehead atoms. The smallest absolute Gasteiger partial charge is 0.256 e. The number of hydrogen-bond acceptors (Lipinski definition) is 5. The minimum absolute atomic E-state index is 0.00848. The number of nitrogens with zero attached hydrogens (tertiary/aromatic N) is 1. The summed E-state index contributed by atoms with van der Waals surface area (Å²) in [5.74, 6) is 1.90. The Balaban J connectivity index is 1.67. The summed E-state index contributed by atoms with van der Waals surface area (Å²) in [5.41, 5.74) is 1.16. The number of carbonyl (C=O) groups is 2. The van der Waals surface area contributed by atoms with Crippen LogP contribution in [-0.2, 0) is 4.79 Å². The number of para-hydroxylation sites is 2. The normalized spacial score (nSPS) is 10.3. The van der Waals surface area contributed by atoms with Crippen LogP contribution in [0.25, 0.3) is 0 Å². The molecule has 0 heterocycles. The average molecular weight is 437 g/mol. The molecule has 0 atom stereocenters. The maximum atomic E-state index is 12.8. The van der Waals surface area contributed by atoms with E-state index >= 15 is 0 Å². The molecule has 0 aliphatic rings. The van der Waals surface area contributed by atoms with Crippen molar-refractivity contribution in [1.29, 1.82) is 0 Å². The van der Waals surface area contributed by atoms with Crippen LogP contribution in [0.2, 0.25) is 0 Å². The van der Waals surface area contributed by atoms with Gasteiger partial charge in [0.25, 0.3) is 5.91 Å². The molecule has 0 saturated heterocycles. The van der Waals surface area contributed by atoms with Crippen molar-refractivity contribution in [2.75, 3.05) is 32.3 Å². The average Bonchev–Trinajstić information content (AvgIpc) is 2.79. The predicted octanol–water partition coefficient (Wildman–Crippen LogP) is 4.92. The van der Waals surface area contributed by atoms with Gasteiger partial charge in [-0.1, -0.05) is 24.3 Å². The minimum Gasteiger partial charge on any atom is -0.493 e. The molecule has 160 valence electrons. The van der Waals surface area contributed by atoms with Gasteiger partial charge in [0.2, 0.25) is 5.91 Å². The van der Waals surface area contributed by atoms with Gasteiger partial charge < -0.3 is 19.7 Å². The van der Waals surface area contributed by atoms with Crippen molar-refractivity contribution in [3.63, 3.8) is 0 Å². The van der Waals surface area contributed by atoms with Gasteiger partial charge in [0.05, 0.1) is 18.4 Å². The van der Waals surface area contributed by atoms with Gasteiger partial charge in [-0.2, -0.15) is 0 Å². The second-order valence-electron chi connectivity index (χ2n) is 6.80. The van der Waals surface area contributed by atoms with E-state index in [2.05, 4.69) is 5.32 Å². The van der Waals surface area contributed by atoms with Gasteiger partial charge in [-0.05, 0) is 48.5 Å². The van der Waals surface area contributed by atoms with Gasteiger partial charge in [-0.3, -0.25) is 9.59 Å². The van der Waals surface area contributed by atoms with E-state index in [-0.39, 0.29) is 17.6 Å². The van der Waals surface area contributed by atoms with E-state index in [0.717, 1.165) is 4.90 Å². The Bertz CT molecular complexity index is 1050. The molecule has 3 rings (SSSR count). The van der Waals surface area contributed by atoms with E-state index < -0.39 is 0 Å². The van der Waals surface area contributed by atoms with E-state index in [9.17, 15) is 9.59 Å². The Kier molecular flexibility index (Phi) is 7.56. The Hall–Kier alpha value is -3.45. The number of rotatable bonds is 8. The fourth-order valence-corrected chi connectivity index (χ4v) is 3.71. The first-order chi connectivity index (χ1) is 15.0. The monoisotopic (exact) mass is 436 g/mol.